The maximum absolute atomic E-state index is 10.8. The molecule has 1 N–H and O–H groups in total. The Morgan fingerprint density at radius 3 is 2.55 bits per heavy atom. The van der Waals surface area contributed by atoms with Crippen LogP contribution in [0, 0.1) is 3.57 Å². The topological polar surface area (TPSA) is 31.5 Å². The summed E-state index contributed by atoms with van der Waals surface area (Å²) < 4.78 is 18.1. The van der Waals surface area contributed by atoms with Gasteiger partial charge in [0.25, 0.3) is 0 Å². The number of para-hydroxylation sites is 1. The second-order valence-corrected chi connectivity index (χ2v) is 9.28. The second kappa shape index (κ2) is 6.06. The van der Waals surface area contributed by atoms with Crippen LogP contribution < -0.4 is 10.6 Å². The van der Waals surface area contributed by atoms with Gasteiger partial charge in [0.2, 0.25) is 0 Å². The minimum atomic E-state index is -2.20. The van der Waals surface area contributed by atoms with E-state index in [0.29, 0.717) is 6.61 Å². The first-order valence-corrected chi connectivity index (χ1v) is 10.0. The van der Waals surface area contributed by atoms with Crippen molar-refractivity contribution in [1.29, 1.82) is 0 Å². The van der Waals surface area contributed by atoms with Gasteiger partial charge >= 0.3 is 126 Å². The molecule has 104 valence electrons. The molecule has 0 aromatic heterocycles. The van der Waals surface area contributed by atoms with E-state index in [9.17, 15) is 3.44 Å². The third kappa shape index (κ3) is 2.65. The molecule has 0 saturated heterocycles. The van der Waals surface area contributed by atoms with Gasteiger partial charge in [-0.3, -0.25) is 0 Å². The Hall–Kier alpha value is -1.20. The van der Waals surface area contributed by atoms with Crippen molar-refractivity contribution in [1.82, 2.24) is 0 Å². The Morgan fingerprint density at radius 2 is 1.75 bits per heavy atom. The standard InChI is InChI=1S/C17H18IO2/c1-13-15-9-5-6-10-17(15)20-12-11-16(13)18(19)14-7-3-2-4-8-14/h2-10,16,19H,11-12H2,1H3/q+1. The summed E-state index contributed by atoms with van der Waals surface area (Å²) in [7, 11) is 0. The average molecular weight is 381 g/mol. The molecular weight excluding hydrogens is 363 g/mol. The van der Waals surface area contributed by atoms with Crippen LogP contribution in [0.2, 0.25) is 0 Å². The van der Waals surface area contributed by atoms with Crippen LogP contribution in [0.25, 0.3) is 5.57 Å². The fraction of sp³-hybridized carbons (Fsp3) is 0.235. The van der Waals surface area contributed by atoms with Crippen molar-refractivity contribution in [3.05, 3.63) is 73.2 Å². The van der Waals surface area contributed by atoms with Gasteiger partial charge in [-0.1, -0.05) is 0 Å². The molecule has 1 atom stereocenters. The number of rotatable bonds is 2. The summed E-state index contributed by atoms with van der Waals surface area (Å²) in [4.78, 5) is 0. The van der Waals surface area contributed by atoms with Crippen LogP contribution in [0.15, 0.2) is 59.0 Å². The van der Waals surface area contributed by atoms with Crippen molar-refractivity contribution in [2.24, 2.45) is 0 Å². The number of hydrogen-bond donors (Lipinski definition) is 1. The van der Waals surface area contributed by atoms with Crippen molar-refractivity contribution in [2.75, 3.05) is 6.61 Å². The predicted octanol–water partition coefficient (Wildman–Crippen LogP) is 2.53. The molecule has 1 unspecified atom stereocenters. The molecule has 3 heteroatoms. The molecule has 0 bridgehead atoms. The molecule has 2 aromatic carbocycles. The molecule has 0 saturated carbocycles. The van der Waals surface area contributed by atoms with E-state index in [0.717, 1.165) is 20.6 Å². The summed E-state index contributed by atoms with van der Waals surface area (Å²) in [6, 6.07) is 18.3. The molecule has 2 nitrogen and oxygen atoms in total. The van der Waals surface area contributed by atoms with Gasteiger partial charge in [-0.15, -0.1) is 0 Å². The van der Waals surface area contributed by atoms with Gasteiger partial charge < -0.3 is 0 Å². The number of fused-ring (bicyclic) bond motifs is 1. The number of alkyl halides is 1. The van der Waals surface area contributed by atoms with E-state index < -0.39 is 20.2 Å². The monoisotopic (exact) mass is 381 g/mol. The molecule has 20 heavy (non-hydrogen) atoms. The van der Waals surface area contributed by atoms with Crippen molar-refractivity contribution < 1.29 is 3.44 Å². The zero-order valence-electron chi connectivity index (χ0n) is 11.4. The zero-order chi connectivity index (χ0) is 13.9. The third-order valence-corrected chi connectivity index (χ3v) is 8.59. The van der Waals surface area contributed by atoms with Crippen LogP contribution in [-0.2, 0) is 0 Å². The van der Waals surface area contributed by atoms with Crippen LogP contribution in [0.4, 0.5) is 0 Å². The first-order chi connectivity index (χ1) is 9.77. The summed E-state index contributed by atoms with van der Waals surface area (Å²) in [5, 5.41) is 1.15. The van der Waals surface area contributed by atoms with E-state index in [1.165, 1.54) is 5.57 Å². The fourth-order valence-electron chi connectivity index (χ4n) is 2.53. The molecule has 1 aliphatic heterocycles. The molecule has 0 fully saturated rings. The Kier molecular flexibility index (Phi) is 4.17. The number of hydrogen-bond acceptors (Lipinski definition) is 1. The van der Waals surface area contributed by atoms with Gasteiger partial charge in [-0.25, -0.2) is 0 Å². The van der Waals surface area contributed by atoms with Crippen molar-refractivity contribution >= 4 is 25.8 Å². The van der Waals surface area contributed by atoms with Gasteiger partial charge in [0.05, 0.1) is 0 Å². The average Bonchev–Trinajstić information content (AvgIpc) is 2.67. The normalized spacial score (nSPS) is 18.8. The predicted molar refractivity (Wildman–Crippen MR) is 91.7 cm³/mol. The summed E-state index contributed by atoms with van der Waals surface area (Å²) >= 11 is -2.20. The fourth-order valence-corrected chi connectivity index (χ4v) is 6.61. The van der Waals surface area contributed by atoms with Crippen molar-refractivity contribution in [3.63, 3.8) is 0 Å². The summed E-state index contributed by atoms with van der Waals surface area (Å²) in [6.45, 7) is 2.82. The SMILES string of the molecule is CC1=c2ccccc2=[O+]CCC1I(O)c1ccccc1. The summed E-state index contributed by atoms with van der Waals surface area (Å²) in [5.74, 6) is 0. The minimum absolute atomic E-state index is 0.255. The summed E-state index contributed by atoms with van der Waals surface area (Å²) in [5.41, 5.74) is 2.22. The van der Waals surface area contributed by atoms with E-state index in [2.05, 4.69) is 25.1 Å². The molecular formula is C17H18IO2+. The van der Waals surface area contributed by atoms with E-state index in [1.807, 2.05) is 36.4 Å². The number of benzene rings is 2. The van der Waals surface area contributed by atoms with E-state index >= 15 is 0 Å². The van der Waals surface area contributed by atoms with Gasteiger partial charge in [-0.05, 0) is 0 Å². The quantitative estimate of drug-likeness (QED) is 0.484. The van der Waals surface area contributed by atoms with E-state index in [1.54, 1.807) is 0 Å². The molecule has 3 rings (SSSR count). The van der Waals surface area contributed by atoms with Crippen molar-refractivity contribution in [2.45, 2.75) is 17.3 Å². The zero-order valence-corrected chi connectivity index (χ0v) is 13.6. The Labute approximate surface area is 126 Å². The van der Waals surface area contributed by atoms with Crippen LogP contribution in [-0.4, -0.2) is 14.0 Å². The molecule has 0 radical (unpaired) electrons. The van der Waals surface area contributed by atoms with Crippen molar-refractivity contribution in [3.8, 4) is 0 Å². The molecule has 1 aliphatic rings. The molecule has 2 aromatic rings. The Balaban J connectivity index is 2.07. The van der Waals surface area contributed by atoms with Gasteiger partial charge in [0.1, 0.15) is 0 Å². The molecule has 0 amide bonds. The van der Waals surface area contributed by atoms with Crippen LogP contribution >= 0.6 is 20.2 Å². The van der Waals surface area contributed by atoms with Gasteiger partial charge in [-0.2, -0.15) is 0 Å². The Morgan fingerprint density at radius 1 is 1.05 bits per heavy atom. The first kappa shape index (κ1) is 13.8. The number of halogens is 1. The second-order valence-electron chi connectivity index (χ2n) is 4.87. The maximum atomic E-state index is 10.8. The molecule has 1 heterocycles. The third-order valence-electron chi connectivity index (χ3n) is 3.62. The van der Waals surface area contributed by atoms with Crippen LogP contribution in [0.1, 0.15) is 13.3 Å². The first-order valence-electron chi connectivity index (χ1n) is 6.75. The summed E-state index contributed by atoms with van der Waals surface area (Å²) in [6.07, 6.45) is 0.900. The van der Waals surface area contributed by atoms with Gasteiger partial charge in [0, 0.05) is 0 Å². The van der Waals surface area contributed by atoms with E-state index in [-0.39, 0.29) is 3.92 Å². The Bertz CT molecular complexity index is 709. The molecule has 0 spiro atoms. The van der Waals surface area contributed by atoms with Gasteiger partial charge in [0.15, 0.2) is 0 Å². The van der Waals surface area contributed by atoms with Crippen LogP contribution in [0.3, 0.4) is 0 Å². The molecule has 0 aliphatic carbocycles. The van der Waals surface area contributed by atoms with E-state index in [4.69, 9.17) is 4.42 Å². The van der Waals surface area contributed by atoms with Crippen LogP contribution in [0.5, 0.6) is 0 Å².